The molecule has 0 radical (unpaired) electrons. The van der Waals surface area contributed by atoms with Gasteiger partial charge in [-0.1, -0.05) is 36.4 Å². The van der Waals surface area contributed by atoms with Crippen LogP contribution in [0.2, 0.25) is 0 Å². The van der Waals surface area contributed by atoms with Crippen molar-refractivity contribution in [2.75, 3.05) is 11.9 Å². The van der Waals surface area contributed by atoms with E-state index < -0.39 is 20.9 Å². The van der Waals surface area contributed by atoms with Crippen molar-refractivity contribution in [3.05, 3.63) is 76.3 Å². The summed E-state index contributed by atoms with van der Waals surface area (Å²) in [6.07, 6.45) is -0.117. The number of carbonyl (C=O) groups is 1. The van der Waals surface area contributed by atoms with Crippen LogP contribution in [0.1, 0.15) is 12.0 Å². The minimum atomic E-state index is -3.76. The topological polar surface area (TPSA) is 118 Å². The monoisotopic (exact) mass is 413 g/mol. The number of nitrogens with zero attached hydrogens (tertiary/aromatic N) is 1. The maximum atomic E-state index is 12.5. The van der Waals surface area contributed by atoms with Gasteiger partial charge >= 0.3 is 0 Å². The molecule has 0 saturated carbocycles. The summed E-state index contributed by atoms with van der Waals surface area (Å²) in [6.45, 7) is 1.50. The van der Waals surface area contributed by atoms with Gasteiger partial charge in [0.25, 0.3) is 5.69 Å². The minimum absolute atomic E-state index is 0.0974. The lowest BCUT2D eigenvalue weighted by atomic mass is 10.1. The van der Waals surface area contributed by atoms with Crippen LogP contribution in [0.5, 0.6) is 0 Å². The van der Waals surface area contributed by atoms with Crippen molar-refractivity contribution in [1.29, 1.82) is 0 Å². The molecular weight excluding hydrogens is 394 g/mol. The summed E-state index contributed by atoms with van der Waals surface area (Å²) in [6, 6.07) is 16.6. The lowest BCUT2D eigenvalue weighted by Crippen LogP contribution is -2.27. The van der Waals surface area contributed by atoms with Crippen molar-refractivity contribution in [2.45, 2.75) is 18.2 Å². The molecule has 0 heterocycles. The SMILES string of the molecule is Cc1ccc(NC(=O)CCNS(=O)(=O)c2ccc3ccccc3c2)cc1[N+](=O)[O-]. The lowest BCUT2D eigenvalue weighted by Gasteiger charge is -2.09. The fraction of sp³-hybridized carbons (Fsp3) is 0.150. The highest BCUT2D eigenvalue weighted by Gasteiger charge is 2.16. The van der Waals surface area contributed by atoms with E-state index in [0.29, 0.717) is 5.56 Å². The van der Waals surface area contributed by atoms with Crippen molar-refractivity contribution in [3.8, 4) is 0 Å². The van der Waals surface area contributed by atoms with Gasteiger partial charge in [-0.05, 0) is 35.9 Å². The molecule has 0 aliphatic carbocycles. The minimum Gasteiger partial charge on any atom is -0.326 e. The van der Waals surface area contributed by atoms with Gasteiger partial charge < -0.3 is 5.32 Å². The zero-order valence-electron chi connectivity index (χ0n) is 15.6. The number of nitro benzene ring substituents is 1. The predicted octanol–water partition coefficient (Wildman–Crippen LogP) is 3.36. The van der Waals surface area contributed by atoms with Crippen LogP contribution < -0.4 is 10.0 Å². The molecule has 8 nitrogen and oxygen atoms in total. The van der Waals surface area contributed by atoms with Crippen LogP contribution in [0.25, 0.3) is 10.8 Å². The van der Waals surface area contributed by atoms with Crippen LogP contribution in [-0.2, 0) is 14.8 Å². The number of fused-ring (bicyclic) bond motifs is 1. The van der Waals surface area contributed by atoms with Gasteiger partial charge in [-0.25, -0.2) is 13.1 Å². The van der Waals surface area contributed by atoms with Crippen LogP contribution in [-0.4, -0.2) is 25.8 Å². The fourth-order valence-corrected chi connectivity index (χ4v) is 3.89. The Hall–Kier alpha value is -3.30. The Morgan fingerprint density at radius 1 is 1.03 bits per heavy atom. The maximum absolute atomic E-state index is 12.5. The highest BCUT2D eigenvalue weighted by molar-refractivity contribution is 7.89. The Morgan fingerprint density at radius 2 is 1.76 bits per heavy atom. The van der Waals surface area contributed by atoms with Crippen LogP contribution in [0, 0.1) is 17.0 Å². The van der Waals surface area contributed by atoms with Gasteiger partial charge in [-0.15, -0.1) is 0 Å². The first kappa shape index (κ1) is 20.4. The average molecular weight is 413 g/mol. The van der Waals surface area contributed by atoms with Crippen LogP contribution in [0.3, 0.4) is 0 Å². The number of sulfonamides is 1. The quantitative estimate of drug-likeness (QED) is 0.455. The van der Waals surface area contributed by atoms with E-state index >= 15 is 0 Å². The predicted molar refractivity (Wildman–Crippen MR) is 110 cm³/mol. The Kier molecular flexibility index (Phi) is 5.90. The van der Waals surface area contributed by atoms with Crippen molar-refractivity contribution < 1.29 is 18.1 Å². The lowest BCUT2D eigenvalue weighted by molar-refractivity contribution is -0.385. The average Bonchev–Trinajstić information content (AvgIpc) is 2.68. The van der Waals surface area contributed by atoms with Gasteiger partial charge in [0.2, 0.25) is 15.9 Å². The van der Waals surface area contributed by atoms with E-state index in [0.717, 1.165) is 10.8 Å². The summed E-state index contributed by atoms with van der Waals surface area (Å²) >= 11 is 0. The summed E-state index contributed by atoms with van der Waals surface area (Å²) in [5, 5.41) is 15.2. The van der Waals surface area contributed by atoms with Crippen molar-refractivity contribution >= 4 is 38.1 Å². The molecule has 0 aromatic heterocycles. The standard InChI is InChI=1S/C20H19N3O5S/c1-14-6-8-17(13-19(14)23(25)26)22-20(24)10-11-21-29(27,28)18-9-7-15-4-2-3-5-16(15)12-18/h2-9,12-13,21H,10-11H2,1H3,(H,22,24). The molecule has 3 aromatic rings. The van der Waals surface area contributed by atoms with E-state index in [2.05, 4.69) is 10.0 Å². The highest BCUT2D eigenvalue weighted by atomic mass is 32.2. The van der Waals surface area contributed by atoms with E-state index in [4.69, 9.17) is 0 Å². The molecule has 0 aliphatic rings. The van der Waals surface area contributed by atoms with Gasteiger partial charge in [0.15, 0.2) is 0 Å². The number of aryl methyl sites for hydroxylation is 1. The molecule has 1 amide bonds. The molecular formula is C20H19N3O5S. The van der Waals surface area contributed by atoms with E-state index in [9.17, 15) is 23.3 Å². The second kappa shape index (κ2) is 8.38. The maximum Gasteiger partial charge on any atom is 0.274 e. The fourth-order valence-electron chi connectivity index (χ4n) is 2.82. The number of amides is 1. The number of benzene rings is 3. The molecule has 29 heavy (non-hydrogen) atoms. The van der Waals surface area contributed by atoms with E-state index in [1.807, 2.05) is 24.3 Å². The molecule has 0 bridgehead atoms. The molecule has 3 aromatic carbocycles. The third-order valence-electron chi connectivity index (χ3n) is 4.36. The molecule has 0 fully saturated rings. The Labute approximate surface area is 167 Å². The molecule has 0 atom stereocenters. The first-order valence-electron chi connectivity index (χ1n) is 8.79. The van der Waals surface area contributed by atoms with E-state index in [1.165, 1.54) is 18.2 Å². The Balaban J connectivity index is 1.60. The van der Waals surface area contributed by atoms with Crippen LogP contribution in [0.15, 0.2) is 65.6 Å². The molecule has 0 aliphatic heterocycles. The summed E-state index contributed by atoms with van der Waals surface area (Å²) in [4.78, 5) is 22.6. The molecule has 150 valence electrons. The molecule has 2 N–H and O–H groups in total. The highest BCUT2D eigenvalue weighted by Crippen LogP contribution is 2.22. The number of carbonyl (C=O) groups excluding carboxylic acids is 1. The Morgan fingerprint density at radius 3 is 2.48 bits per heavy atom. The van der Waals surface area contributed by atoms with Gasteiger partial charge in [0.1, 0.15) is 0 Å². The molecule has 0 unspecified atom stereocenters. The summed E-state index contributed by atoms with van der Waals surface area (Å²) in [7, 11) is -3.76. The summed E-state index contributed by atoms with van der Waals surface area (Å²) < 4.78 is 27.3. The third-order valence-corrected chi connectivity index (χ3v) is 5.82. The number of nitrogens with one attached hydrogen (secondary N) is 2. The Bertz CT molecular complexity index is 1190. The van der Waals surface area contributed by atoms with E-state index in [1.54, 1.807) is 25.1 Å². The second-order valence-electron chi connectivity index (χ2n) is 6.46. The molecule has 0 saturated heterocycles. The van der Waals surface area contributed by atoms with Gasteiger partial charge in [-0.3, -0.25) is 14.9 Å². The van der Waals surface area contributed by atoms with Gasteiger partial charge in [0, 0.05) is 30.3 Å². The first-order chi connectivity index (χ1) is 13.8. The third kappa shape index (κ3) is 4.95. The normalized spacial score (nSPS) is 11.3. The number of nitro groups is 1. The molecule has 0 spiro atoms. The van der Waals surface area contributed by atoms with Gasteiger partial charge in [0.05, 0.1) is 9.82 Å². The molecule has 3 rings (SSSR count). The van der Waals surface area contributed by atoms with Crippen LogP contribution in [0.4, 0.5) is 11.4 Å². The van der Waals surface area contributed by atoms with Gasteiger partial charge in [-0.2, -0.15) is 0 Å². The smallest absolute Gasteiger partial charge is 0.274 e. The number of hydrogen-bond acceptors (Lipinski definition) is 5. The second-order valence-corrected chi connectivity index (χ2v) is 8.23. The van der Waals surface area contributed by atoms with Crippen molar-refractivity contribution in [2.24, 2.45) is 0 Å². The summed E-state index contributed by atoms with van der Waals surface area (Å²) in [5.41, 5.74) is 0.667. The van der Waals surface area contributed by atoms with Crippen molar-refractivity contribution in [1.82, 2.24) is 4.72 Å². The number of anilines is 1. The summed E-state index contributed by atoms with van der Waals surface area (Å²) in [5.74, 6) is -0.454. The van der Waals surface area contributed by atoms with Crippen molar-refractivity contribution in [3.63, 3.8) is 0 Å². The van der Waals surface area contributed by atoms with E-state index in [-0.39, 0.29) is 29.2 Å². The molecule has 9 heteroatoms. The zero-order valence-corrected chi connectivity index (χ0v) is 16.4. The largest absolute Gasteiger partial charge is 0.326 e. The number of hydrogen-bond donors (Lipinski definition) is 2. The number of rotatable bonds is 7. The van der Waals surface area contributed by atoms with Crippen LogP contribution >= 0.6 is 0 Å². The zero-order chi connectivity index (χ0) is 21.0. The first-order valence-corrected chi connectivity index (χ1v) is 10.3.